The van der Waals surface area contributed by atoms with Crippen LogP contribution in [-0.2, 0) is 0 Å². The minimum Gasteiger partial charge on any atom is -0.313 e. The summed E-state index contributed by atoms with van der Waals surface area (Å²) < 4.78 is 2.58. The Hall–Kier alpha value is -2.21. The van der Waals surface area contributed by atoms with Gasteiger partial charge in [0.2, 0.25) is 0 Å². The molecule has 118 valence electrons. The molecule has 0 atom stereocenters. The molecule has 3 nitrogen and oxygen atoms in total. The number of halogens is 1. The van der Waals surface area contributed by atoms with Crippen LogP contribution in [0, 0.1) is 0 Å². The summed E-state index contributed by atoms with van der Waals surface area (Å²) in [5.74, 6) is 0. The number of hydrogen-bond acceptors (Lipinski definition) is 4. The minimum absolute atomic E-state index is 0.0951. The largest absolute Gasteiger partial charge is 0.313 e. The lowest BCUT2D eigenvalue weighted by Crippen LogP contribution is -2.19. The van der Waals surface area contributed by atoms with Gasteiger partial charge in [0.05, 0.1) is 19.4 Å². The van der Waals surface area contributed by atoms with Gasteiger partial charge in [-0.15, -0.1) is 22.7 Å². The molecule has 0 unspecified atom stereocenters. The van der Waals surface area contributed by atoms with Crippen LogP contribution >= 0.6 is 34.3 Å². The lowest BCUT2D eigenvalue weighted by atomic mass is 10.2. The molecule has 4 aromatic rings. The molecule has 4 rings (SSSR count). The summed E-state index contributed by atoms with van der Waals surface area (Å²) in [5, 5.41) is 1.56. The molecule has 0 radical (unpaired) electrons. The number of nitrogens with zero attached hydrogens (tertiary/aromatic N) is 1. The third-order valence-electron chi connectivity index (χ3n) is 3.41. The van der Waals surface area contributed by atoms with Gasteiger partial charge >= 0.3 is 0 Å². The van der Waals surface area contributed by atoms with E-state index in [1.807, 2.05) is 60.7 Å². The van der Waals surface area contributed by atoms with E-state index in [4.69, 9.17) is 11.6 Å². The van der Waals surface area contributed by atoms with E-state index < -0.39 is 0 Å². The molecule has 2 heterocycles. The van der Waals surface area contributed by atoms with Gasteiger partial charge in [-0.3, -0.25) is 4.79 Å². The third-order valence-corrected chi connectivity index (χ3v) is 5.61. The average molecular weight is 371 g/mol. The number of fused-ring (bicyclic) bond motifs is 1. The molecule has 0 saturated carbocycles. The third kappa shape index (κ3) is 3.19. The Morgan fingerprint density at radius 1 is 1.00 bits per heavy atom. The Bertz CT molecular complexity index is 1150. The van der Waals surface area contributed by atoms with Crippen LogP contribution in [0.4, 0.5) is 0 Å². The lowest BCUT2D eigenvalue weighted by molar-refractivity contribution is 1.25. The highest BCUT2D eigenvalue weighted by Crippen LogP contribution is 2.21. The van der Waals surface area contributed by atoms with Crippen LogP contribution in [0.5, 0.6) is 0 Å². The van der Waals surface area contributed by atoms with Crippen molar-refractivity contribution >= 4 is 56.6 Å². The summed E-state index contributed by atoms with van der Waals surface area (Å²) in [6.45, 7) is 0. The number of thiazole rings is 2. The van der Waals surface area contributed by atoms with E-state index in [0.717, 1.165) is 25.5 Å². The molecule has 0 bridgehead atoms. The molecule has 24 heavy (non-hydrogen) atoms. The summed E-state index contributed by atoms with van der Waals surface area (Å²) in [4.78, 5) is 19.6. The van der Waals surface area contributed by atoms with Crippen LogP contribution in [0.2, 0.25) is 5.02 Å². The second kappa shape index (κ2) is 6.36. The molecule has 2 aromatic heterocycles. The van der Waals surface area contributed by atoms with Crippen LogP contribution < -0.4 is 14.8 Å². The average Bonchev–Trinajstić information content (AvgIpc) is 3.12. The Morgan fingerprint density at radius 3 is 2.58 bits per heavy atom. The Kier molecular flexibility index (Phi) is 4.06. The smallest absolute Gasteiger partial charge is 0.266 e. The van der Waals surface area contributed by atoms with Gasteiger partial charge in [0, 0.05) is 11.1 Å². The van der Waals surface area contributed by atoms with Crippen molar-refractivity contribution in [2.75, 3.05) is 0 Å². The molecule has 1 N–H and O–H groups in total. The number of nitrogens with one attached hydrogen (secondary N) is 1. The lowest BCUT2D eigenvalue weighted by Gasteiger charge is -1.91. The fraction of sp³-hybridized carbons (Fsp3) is 0. The van der Waals surface area contributed by atoms with Gasteiger partial charge in [0.1, 0.15) is 5.01 Å². The normalized spacial score (nSPS) is 13.0. The van der Waals surface area contributed by atoms with Gasteiger partial charge in [0.25, 0.3) is 5.56 Å². The molecule has 0 aliphatic carbocycles. The van der Waals surface area contributed by atoms with Crippen molar-refractivity contribution in [2.24, 2.45) is 0 Å². The second-order valence-corrected chi connectivity index (χ2v) is 7.73. The molecule has 0 spiro atoms. The molecule has 2 aromatic carbocycles. The van der Waals surface area contributed by atoms with Crippen LogP contribution in [0.3, 0.4) is 0 Å². The molecular weight excluding hydrogens is 360 g/mol. The fourth-order valence-electron chi connectivity index (χ4n) is 2.30. The van der Waals surface area contributed by atoms with E-state index in [9.17, 15) is 4.79 Å². The number of para-hydroxylation sites is 1. The summed E-state index contributed by atoms with van der Waals surface area (Å²) in [5.41, 5.74) is 1.82. The van der Waals surface area contributed by atoms with Crippen molar-refractivity contribution in [2.45, 2.75) is 0 Å². The van der Waals surface area contributed by atoms with Gasteiger partial charge in [-0.1, -0.05) is 35.9 Å². The van der Waals surface area contributed by atoms with E-state index in [0.29, 0.717) is 9.55 Å². The first kappa shape index (κ1) is 15.3. The van der Waals surface area contributed by atoms with Crippen molar-refractivity contribution in [1.82, 2.24) is 9.97 Å². The number of H-pyrrole nitrogens is 1. The van der Waals surface area contributed by atoms with E-state index >= 15 is 0 Å². The van der Waals surface area contributed by atoms with Gasteiger partial charge in [0.15, 0.2) is 0 Å². The molecule has 0 fully saturated rings. The Balaban J connectivity index is 1.77. The van der Waals surface area contributed by atoms with Crippen LogP contribution in [0.25, 0.3) is 22.4 Å². The first-order valence-corrected chi connectivity index (χ1v) is 9.22. The summed E-state index contributed by atoms with van der Waals surface area (Å²) in [6, 6.07) is 15.4. The van der Waals surface area contributed by atoms with Gasteiger partial charge in [-0.25, -0.2) is 4.98 Å². The fourth-order valence-corrected chi connectivity index (χ4v) is 4.30. The zero-order chi connectivity index (χ0) is 16.5. The zero-order valence-corrected chi connectivity index (χ0v) is 14.7. The monoisotopic (exact) mass is 370 g/mol. The number of rotatable bonds is 2. The van der Waals surface area contributed by atoms with Gasteiger partial charge in [-0.05, 0) is 35.9 Å². The standard InChI is InChI=1S/C18H11ClN2OS2/c19-12-7-5-11(6-8-12)9-15-18(22)21-17(24-15)10-16-20-13-3-1-2-4-14(13)23-16/h1-10H,(H,21,22)/b15-9-,17-10+. The highest BCUT2D eigenvalue weighted by atomic mass is 35.5. The first-order chi connectivity index (χ1) is 11.7. The van der Waals surface area contributed by atoms with Crippen molar-refractivity contribution in [3.8, 4) is 0 Å². The Labute approximate surface area is 150 Å². The van der Waals surface area contributed by atoms with E-state index in [1.165, 1.54) is 11.3 Å². The van der Waals surface area contributed by atoms with E-state index in [1.54, 1.807) is 11.3 Å². The molecule has 0 aliphatic heterocycles. The van der Waals surface area contributed by atoms with Crippen molar-refractivity contribution in [3.63, 3.8) is 0 Å². The second-order valence-electron chi connectivity index (χ2n) is 5.14. The van der Waals surface area contributed by atoms with Crippen LogP contribution in [0.1, 0.15) is 10.6 Å². The topological polar surface area (TPSA) is 45.8 Å². The highest BCUT2D eigenvalue weighted by molar-refractivity contribution is 7.19. The molecule has 0 amide bonds. The molecular formula is C18H11ClN2OS2. The predicted molar refractivity (Wildman–Crippen MR) is 102 cm³/mol. The maximum Gasteiger partial charge on any atom is 0.266 e. The maximum absolute atomic E-state index is 12.1. The van der Waals surface area contributed by atoms with Crippen LogP contribution in [0.15, 0.2) is 53.3 Å². The summed E-state index contributed by atoms with van der Waals surface area (Å²) in [7, 11) is 0. The summed E-state index contributed by atoms with van der Waals surface area (Å²) in [6.07, 6.45) is 3.77. The number of aromatic amines is 1. The predicted octanol–water partition coefficient (Wildman–Crippen LogP) is 3.36. The number of aromatic nitrogens is 2. The quantitative estimate of drug-likeness (QED) is 0.588. The number of hydrogen-bond donors (Lipinski definition) is 1. The van der Waals surface area contributed by atoms with E-state index in [-0.39, 0.29) is 5.56 Å². The molecule has 0 saturated heterocycles. The number of benzene rings is 2. The highest BCUT2D eigenvalue weighted by Gasteiger charge is 2.01. The van der Waals surface area contributed by atoms with Crippen molar-refractivity contribution in [3.05, 3.63) is 83.7 Å². The van der Waals surface area contributed by atoms with E-state index in [2.05, 4.69) is 9.97 Å². The molecule has 0 aliphatic rings. The SMILES string of the molecule is O=c1[nH]/c(=C\c2nc3ccccc3s2)s/c1=C\c1ccc(Cl)cc1. The summed E-state index contributed by atoms with van der Waals surface area (Å²) >= 11 is 8.91. The van der Waals surface area contributed by atoms with Gasteiger partial charge < -0.3 is 4.98 Å². The molecule has 6 heteroatoms. The van der Waals surface area contributed by atoms with Gasteiger partial charge in [-0.2, -0.15) is 0 Å². The Morgan fingerprint density at radius 2 is 1.79 bits per heavy atom. The maximum atomic E-state index is 12.1. The first-order valence-electron chi connectivity index (χ1n) is 7.21. The van der Waals surface area contributed by atoms with Crippen molar-refractivity contribution < 1.29 is 0 Å². The van der Waals surface area contributed by atoms with Crippen molar-refractivity contribution in [1.29, 1.82) is 0 Å². The zero-order valence-electron chi connectivity index (χ0n) is 12.3. The van der Waals surface area contributed by atoms with Crippen LogP contribution in [-0.4, -0.2) is 9.97 Å². The minimum atomic E-state index is -0.0951.